The van der Waals surface area contributed by atoms with Crippen molar-refractivity contribution >= 4 is 0 Å². The Balaban J connectivity index is 2.05. The van der Waals surface area contributed by atoms with Crippen molar-refractivity contribution in [2.24, 2.45) is 5.92 Å². The quantitative estimate of drug-likeness (QED) is 0.777. The second-order valence-corrected chi connectivity index (χ2v) is 5.89. The Morgan fingerprint density at radius 1 is 1.44 bits per heavy atom. The molecule has 0 bridgehead atoms. The molecule has 94 valence electrons. The van der Waals surface area contributed by atoms with Crippen LogP contribution in [0.5, 0.6) is 0 Å². The van der Waals surface area contributed by atoms with E-state index < -0.39 is 0 Å². The zero-order valence-electron chi connectivity index (χ0n) is 11.1. The highest BCUT2D eigenvalue weighted by Crippen LogP contribution is 2.31. The number of nitrogens with zero attached hydrogens (tertiary/aromatic N) is 1. The van der Waals surface area contributed by atoms with Crippen LogP contribution in [0.3, 0.4) is 0 Å². The lowest BCUT2D eigenvalue weighted by Gasteiger charge is -2.46. The van der Waals surface area contributed by atoms with Gasteiger partial charge in [0.2, 0.25) is 0 Å². The summed E-state index contributed by atoms with van der Waals surface area (Å²) in [6, 6.07) is 1.16. The minimum Gasteiger partial charge on any atom is -0.359 e. The molecule has 2 fully saturated rings. The number of likely N-dealkylation sites (tertiary alicyclic amines) is 1. The van der Waals surface area contributed by atoms with Crippen LogP contribution < -0.4 is 5.32 Å². The van der Waals surface area contributed by atoms with Crippen molar-refractivity contribution in [1.29, 1.82) is 0 Å². The zero-order valence-corrected chi connectivity index (χ0v) is 11.1. The fourth-order valence-electron chi connectivity index (χ4n) is 3.02. The summed E-state index contributed by atoms with van der Waals surface area (Å²) >= 11 is 0. The van der Waals surface area contributed by atoms with Crippen LogP contribution in [-0.2, 0) is 4.74 Å². The normalized spacial score (nSPS) is 41.8. The van der Waals surface area contributed by atoms with Crippen molar-refractivity contribution in [3.8, 4) is 0 Å². The van der Waals surface area contributed by atoms with Gasteiger partial charge in [-0.25, -0.2) is 0 Å². The van der Waals surface area contributed by atoms with E-state index in [-0.39, 0.29) is 5.72 Å². The smallest absolute Gasteiger partial charge is 0.132 e. The van der Waals surface area contributed by atoms with E-state index in [1.165, 1.54) is 19.4 Å². The van der Waals surface area contributed by atoms with Gasteiger partial charge in [0.15, 0.2) is 0 Å². The predicted molar refractivity (Wildman–Crippen MR) is 66.4 cm³/mol. The fraction of sp³-hybridized carbons (Fsp3) is 1.00. The molecule has 0 aromatic heterocycles. The molecule has 0 radical (unpaired) electrons. The van der Waals surface area contributed by atoms with E-state index in [4.69, 9.17) is 4.74 Å². The maximum Gasteiger partial charge on any atom is 0.132 e. The molecule has 2 aliphatic heterocycles. The van der Waals surface area contributed by atoms with Gasteiger partial charge in [-0.05, 0) is 46.1 Å². The van der Waals surface area contributed by atoms with Crippen LogP contribution in [0.15, 0.2) is 0 Å². The van der Waals surface area contributed by atoms with Gasteiger partial charge in [-0.15, -0.1) is 0 Å². The number of hydrogen-bond acceptors (Lipinski definition) is 3. The molecule has 0 aliphatic carbocycles. The molecule has 3 atom stereocenters. The maximum absolute atomic E-state index is 6.09. The molecule has 0 aromatic carbocycles. The molecule has 2 heterocycles. The van der Waals surface area contributed by atoms with Crippen LogP contribution in [0.25, 0.3) is 0 Å². The Kier molecular flexibility index (Phi) is 3.57. The van der Waals surface area contributed by atoms with Gasteiger partial charge < -0.3 is 4.74 Å². The van der Waals surface area contributed by atoms with Crippen LogP contribution in [-0.4, -0.2) is 42.4 Å². The Hall–Kier alpha value is -0.120. The third-order valence-electron chi connectivity index (χ3n) is 4.06. The second-order valence-electron chi connectivity index (χ2n) is 5.89. The largest absolute Gasteiger partial charge is 0.359 e. The average Bonchev–Trinajstić information content (AvgIpc) is 2.72. The summed E-state index contributed by atoms with van der Waals surface area (Å²) < 4.78 is 6.09. The molecule has 3 unspecified atom stereocenters. The lowest BCUT2D eigenvalue weighted by atomic mass is 9.98. The molecule has 2 rings (SSSR count). The van der Waals surface area contributed by atoms with Crippen LogP contribution in [0.1, 0.15) is 40.5 Å². The van der Waals surface area contributed by atoms with Crippen molar-refractivity contribution in [1.82, 2.24) is 10.2 Å². The lowest BCUT2D eigenvalue weighted by Crippen LogP contribution is -2.63. The van der Waals surface area contributed by atoms with E-state index in [2.05, 4.69) is 37.9 Å². The van der Waals surface area contributed by atoms with Crippen molar-refractivity contribution in [3.63, 3.8) is 0 Å². The molecule has 0 saturated carbocycles. The van der Waals surface area contributed by atoms with Crippen LogP contribution in [0.2, 0.25) is 0 Å². The first kappa shape index (κ1) is 12.3. The Labute approximate surface area is 99.5 Å². The monoisotopic (exact) mass is 226 g/mol. The van der Waals surface area contributed by atoms with Crippen molar-refractivity contribution < 1.29 is 4.74 Å². The van der Waals surface area contributed by atoms with Gasteiger partial charge in [-0.1, -0.05) is 6.92 Å². The van der Waals surface area contributed by atoms with Crippen LogP contribution >= 0.6 is 0 Å². The van der Waals surface area contributed by atoms with E-state index >= 15 is 0 Å². The first-order valence-corrected chi connectivity index (χ1v) is 6.67. The van der Waals surface area contributed by atoms with Gasteiger partial charge in [0.1, 0.15) is 5.72 Å². The van der Waals surface area contributed by atoms with Crippen LogP contribution in [0, 0.1) is 5.92 Å². The zero-order chi connectivity index (χ0) is 11.8. The number of nitrogens with one attached hydrogen (secondary N) is 1. The summed E-state index contributed by atoms with van der Waals surface area (Å²) in [7, 11) is 0. The molecule has 2 saturated heterocycles. The van der Waals surface area contributed by atoms with Gasteiger partial charge in [0.25, 0.3) is 0 Å². The lowest BCUT2D eigenvalue weighted by molar-refractivity contribution is -0.142. The molecular weight excluding hydrogens is 200 g/mol. The van der Waals surface area contributed by atoms with E-state index in [1.807, 2.05) is 0 Å². The fourth-order valence-corrected chi connectivity index (χ4v) is 3.02. The Morgan fingerprint density at radius 3 is 2.75 bits per heavy atom. The maximum atomic E-state index is 6.09. The molecule has 1 N–H and O–H groups in total. The number of ether oxygens (including phenoxy) is 1. The van der Waals surface area contributed by atoms with Gasteiger partial charge >= 0.3 is 0 Å². The molecule has 2 aliphatic rings. The highest BCUT2D eigenvalue weighted by molar-refractivity contribution is 4.96. The number of hydrogen-bond donors (Lipinski definition) is 1. The summed E-state index contributed by atoms with van der Waals surface area (Å²) in [5.41, 5.74) is -0.132. The van der Waals surface area contributed by atoms with Gasteiger partial charge in [-0.3, -0.25) is 10.2 Å². The second kappa shape index (κ2) is 4.63. The Bertz CT molecular complexity index is 234. The van der Waals surface area contributed by atoms with E-state index in [0.717, 1.165) is 13.2 Å². The molecular formula is C13H26N2O. The summed E-state index contributed by atoms with van der Waals surface area (Å²) in [6.07, 6.45) is 2.56. The van der Waals surface area contributed by atoms with Crippen molar-refractivity contribution in [2.45, 2.75) is 58.3 Å². The topological polar surface area (TPSA) is 24.5 Å². The Morgan fingerprint density at radius 2 is 2.19 bits per heavy atom. The number of rotatable bonds is 2. The summed E-state index contributed by atoms with van der Waals surface area (Å²) in [6.45, 7) is 12.2. The summed E-state index contributed by atoms with van der Waals surface area (Å²) in [4.78, 5) is 2.59. The molecule has 3 nitrogen and oxygen atoms in total. The van der Waals surface area contributed by atoms with E-state index in [1.54, 1.807) is 0 Å². The highest BCUT2D eigenvalue weighted by Gasteiger charge is 2.44. The summed E-state index contributed by atoms with van der Waals surface area (Å²) in [5.74, 6) is 0.641. The molecule has 0 spiro atoms. The van der Waals surface area contributed by atoms with Gasteiger partial charge in [-0.2, -0.15) is 0 Å². The van der Waals surface area contributed by atoms with Crippen LogP contribution in [0.4, 0.5) is 0 Å². The van der Waals surface area contributed by atoms with E-state index in [0.29, 0.717) is 18.0 Å². The minimum absolute atomic E-state index is 0.132. The van der Waals surface area contributed by atoms with Crippen molar-refractivity contribution in [3.05, 3.63) is 0 Å². The first-order chi connectivity index (χ1) is 7.53. The minimum atomic E-state index is -0.132. The highest BCUT2D eigenvalue weighted by atomic mass is 16.5. The third-order valence-corrected chi connectivity index (χ3v) is 4.06. The third kappa shape index (κ3) is 2.27. The SMILES string of the molecule is CC1CNC(C)(C2CCCN2C(C)C)OC1. The molecule has 0 amide bonds. The van der Waals surface area contributed by atoms with E-state index in [9.17, 15) is 0 Å². The average molecular weight is 226 g/mol. The molecule has 0 aromatic rings. The standard InChI is InChI=1S/C13H26N2O/c1-10(2)15-7-5-6-12(15)13(4)14-8-11(3)9-16-13/h10-12,14H,5-9H2,1-4H3. The summed E-state index contributed by atoms with van der Waals surface area (Å²) in [5, 5.41) is 3.61. The predicted octanol–water partition coefficient (Wildman–Crippen LogP) is 1.83. The molecule has 3 heteroatoms. The molecule has 16 heavy (non-hydrogen) atoms. The van der Waals surface area contributed by atoms with Gasteiger partial charge in [0, 0.05) is 12.6 Å². The van der Waals surface area contributed by atoms with Crippen molar-refractivity contribution in [2.75, 3.05) is 19.7 Å². The first-order valence-electron chi connectivity index (χ1n) is 6.67. The van der Waals surface area contributed by atoms with Gasteiger partial charge in [0.05, 0.1) is 12.6 Å².